The van der Waals surface area contributed by atoms with Gasteiger partial charge in [0.1, 0.15) is 5.82 Å². The quantitative estimate of drug-likeness (QED) is 0.905. The van der Waals surface area contributed by atoms with Gasteiger partial charge in [-0.1, -0.05) is 15.9 Å². The Morgan fingerprint density at radius 2 is 2.19 bits per heavy atom. The number of ether oxygens (including phenoxy) is 1. The van der Waals surface area contributed by atoms with E-state index in [1.54, 1.807) is 13.2 Å². The molecule has 0 spiro atoms. The highest BCUT2D eigenvalue weighted by molar-refractivity contribution is 9.10. The van der Waals surface area contributed by atoms with Crippen LogP contribution in [0.15, 0.2) is 22.7 Å². The molecule has 0 saturated carbocycles. The molecule has 0 amide bonds. The van der Waals surface area contributed by atoms with E-state index in [-0.39, 0.29) is 18.0 Å². The highest BCUT2D eigenvalue weighted by Crippen LogP contribution is 2.20. The van der Waals surface area contributed by atoms with Gasteiger partial charge in [0.25, 0.3) is 0 Å². The van der Waals surface area contributed by atoms with Crippen LogP contribution in [0.5, 0.6) is 0 Å². The maximum Gasteiger partial charge on any atom is 0.123 e. The summed E-state index contributed by atoms with van der Waals surface area (Å²) in [6.45, 7) is 1.97. The van der Waals surface area contributed by atoms with Crippen molar-refractivity contribution in [1.82, 2.24) is 0 Å². The first-order valence-corrected chi connectivity index (χ1v) is 6.04. The third-order valence-electron chi connectivity index (χ3n) is 2.53. The Labute approximate surface area is 104 Å². The highest BCUT2D eigenvalue weighted by atomic mass is 79.9. The van der Waals surface area contributed by atoms with E-state index >= 15 is 0 Å². The van der Waals surface area contributed by atoms with Crippen molar-refractivity contribution in [3.63, 3.8) is 0 Å². The molecular formula is C12H17BrFNO. The molecular weight excluding hydrogens is 273 g/mol. The number of rotatable bonds is 5. The molecule has 0 bridgehead atoms. The number of nitrogens with two attached hydrogens (primary N) is 1. The van der Waals surface area contributed by atoms with Crippen LogP contribution in [0.3, 0.4) is 0 Å². The van der Waals surface area contributed by atoms with Crippen molar-refractivity contribution >= 4 is 15.9 Å². The molecule has 16 heavy (non-hydrogen) atoms. The minimum absolute atomic E-state index is 0.0203. The molecule has 2 atom stereocenters. The third-order valence-corrected chi connectivity index (χ3v) is 3.30. The van der Waals surface area contributed by atoms with Crippen LogP contribution in [0.25, 0.3) is 0 Å². The summed E-state index contributed by atoms with van der Waals surface area (Å²) in [4.78, 5) is 0. The summed E-state index contributed by atoms with van der Waals surface area (Å²) in [7, 11) is 1.66. The fraction of sp³-hybridized carbons (Fsp3) is 0.500. The second-order valence-electron chi connectivity index (χ2n) is 3.98. The number of hydrogen-bond acceptors (Lipinski definition) is 2. The Morgan fingerprint density at radius 1 is 1.50 bits per heavy atom. The molecule has 2 nitrogen and oxygen atoms in total. The average molecular weight is 290 g/mol. The van der Waals surface area contributed by atoms with Crippen molar-refractivity contribution in [2.45, 2.75) is 31.9 Å². The van der Waals surface area contributed by atoms with Gasteiger partial charge >= 0.3 is 0 Å². The molecule has 2 unspecified atom stereocenters. The number of hydrogen-bond donors (Lipinski definition) is 1. The van der Waals surface area contributed by atoms with Gasteiger partial charge in [-0.15, -0.1) is 0 Å². The zero-order chi connectivity index (χ0) is 12.1. The largest absolute Gasteiger partial charge is 0.382 e. The molecule has 2 N–H and O–H groups in total. The van der Waals surface area contributed by atoms with Crippen LogP contribution in [-0.2, 0) is 11.2 Å². The van der Waals surface area contributed by atoms with Crippen molar-refractivity contribution in [3.8, 4) is 0 Å². The first-order valence-electron chi connectivity index (χ1n) is 5.25. The van der Waals surface area contributed by atoms with E-state index in [1.807, 2.05) is 6.92 Å². The Balaban J connectivity index is 2.61. The monoisotopic (exact) mass is 289 g/mol. The van der Waals surface area contributed by atoms with Crippen molar-refractivity contribution in [1.29, 1.82) is 0 Å². The molecule has 0 aliphatic heterocycles. The van der Waals surface area contributed by atoms with Crippen LogP contribution >= 0.6 is 15.9 Å². The summed E-state index contributed by atoms with van der Waals surface area (Å²) in [6.07, 6.45) is 1.54. The van der Waals surface area contributed by atoms with Crippen LogP contribution < -0.4 is 5.73 Å². The maximum absolute atomic E-state index is 13.0. The highest BCUT2D eigenvalue weighted by Gasteiger charge is 2.11. The lowest BCUT2D eigenvalue weighted by Crippen LogP contribution is -2.28. The van der Waals surface area contributed by atoms with Crippen molar-refractivity contribution in [2.75, 3.05) is 7.11 Å². The fourth-order valence-corrected chi connectivity index (χ4v) is 2.00. The average Bonchev–Trinajstić information content (AvgIpc) is 2.23. The topological polar surface area (TPSA) is 35.2 Å². The van der Waals surface area contributed by atoms with Crippen LogP contribution in [0.4, 0.5) is 4.39 Å². The van der Waals surface area contributed by atoms with Crippen LogP contribution in [-0.4, -0.2) is 19.3 Å². The summed E-state index contributed by atoms with van der Waals surface area (Å²) in [5, 5.41) is 0. The minimum Gasteiger partial charge on any atom is -0.382 e. The zero-order valence-corrected chi connectivity index (χ0v) is 11.1. The third kappa shape index (κ3) is 4.20. The lowest BCUT2D eigenvalue weighted by atomic mass is 10.0. The standard InChI is InChI=1S/C12H17BrFNO/c1-8(16-2)5-11(15)7-9-6-10(14)3-4-12(9)13/h3-4,6,8,11H,5,7,15H2,1-2H3. The molecule has 0 aromatic heterocycles. The van der Waals surface area contributed by atoms with Gasteiger partial charge in [-0.2, -0.15) is 0 Å². The van der Waals surface area contributed by atoms with E-state index in [0.29, 0.717) is 6.42 Å². The Bertz CT molecular complexity index is 346. The SMILES string of the molecule is COC(C)CC(N)Cc1cc(F)ccc1Br. The van der Waals surface area contributed by atoms with Crippen molar-refractivity contribution < 1.29 is 9.13 Å². The maximum atomic E-state index is 13.0. The first kappa shape index (κ1) is 13.6. The van der Waals surface area contributed by atoms with Gasteiger partial charge in [0.05, 0.1) is 6.10 Å². The summed E-state index contributed by atoms with van der Waals surface area (Å²) >= 11 is 3.39. The molecule has 4 heteroatoms. The lowest BCUT2D eigenvalue weighted by Gasteiger charge is -2.16. The molecule has 90 valence electrons. The molecule has 1 aromatic carbocycles. The smallest absolute Gasteiger partial charge is 0.123 e. The second-order valence-corrected chi connectivity index (χ2v) is 4.84. The van der Waals surface area contributed by atoms with Gasteiger partial charge in [-0.3, -0.25) is 0 Å². The van der Waals surface area contributed by atoms with E-state index < -0.39 is 0 Å². The summed E-state index contributed by atoms with van der Waals surface area (Å²) in [6, 6.07) is 4.63. The van der Waals surface area contributed by atoms with E-state index in [1.165, 1.54) is 12.1 Å². The van der Waals surface area contributed by atoms with Gasteiger partial charge in [0.2, 0.25) is 0 Å². The molecule has 0 heterocycles. The predicted molar refractivity (Wildman–Crippen MR) is 66.9 cm³/mol. The number of halogens is 2. The Kier molecular flexibility index (Phi) is 5.38. The summed E-state index contributed by atoms with van der Waals surface area (Å²) in [5.41, 5.74) is 6.88. The molecule has 0 aliphatic carbocycles. The van der Waals surface area contributed by atoms with Crippen molar-refractivity contribution in [2.24, 2.45) is 5.73 Å². The second kappa shape index (κ2) is 6.33. The minimum atomic E-state index is -0.231. The van der Waals surface area contributed by atoms with E-state index in [9.17, 15) is 4.39 Å². The van der Waals surface area contributed by atoms with Crippen LogP contribution in [0.2, 0.25) is 0 Å². The van der Waals surface area contributed by atoms with Gasteiger partial charge < -0.3 is 10.5 Å². The van der Waals surface area contributed by atoms with E-state index in [4.69, 9.17) is 10.5 Å². The lowest BCUT2D eigenvalue weighted by molar-refractivity contribution is 0.104. The zero-order valence-electron chi connectivity index (χ0n) is 9.54. The fourth-order valence-electron chi connectivity index (χ4n) is 1.59. The first-order chi connectivity index (χ1) is 7.52. The predicted octanol–water partition coefficient (Wildman–Crippen LogP) is 2.88. The number of benzene rings is 1. The number of methoxy groups -OCH3 is 1. The van der Waals surface area contributed by atoms with Gasteiger partial charge in [0.15, 0.2) is 0 Å². The molecule has 0 fully saturated rings. The summed E-state index contributed by atoms with van der Waals surface area (Å²) < 4.78 is 19.1. The summed E-state index contributed by atoms with van der Waals surface area (Å²) in [5.74, 6) is -0.231. The van der Waals surface area contributed by atoms with Crippen LogP contribution in [0, 0.1) is 5.82 Å². The molecule has 1 rings (SSSR count). The molecule has 0 radical (unpaired) electrons. The molecule has 0 aliphatic rings. The van der Waals surface area contributed by atoms with Crippen LogP contribution in [0.1, 0.15) is 18.9 Å². The normalized spacial score (nSPS) is 14.8. The Hall–Kier alpha value is -0.450. The van der Waals surface area contributed by atoms with Gasteiger partial charge in [-0.05, 0) is 43.5 Å². The van der Waals surface area contributed by atoms with E-state index in [2.05, 4.69) is 15.9 Å². The van der Waals surface area contributed by atoms with Gasteiger partial charge in [0, 0.05) is 17.6 Å². The molecule has 1 aromatic rings. The Morgan fingerprint density at radius 3 is 2.81 bits per heavy atom. The molecule has 0 saturated heterocycles. The van der Waals surface area contributed by atoms with Gasteiger partial charge in [-0.25, -0.2) is 4.39 Å². The van der Waals surface area contributed by atoms with E-state index in [0.717, 1.165) is 16.5 Å². The van der Waals surface area contributed by atoms with Crippen molar-refractivity contribution in [3.05, 3.63) is 34.1 Å².